The average molecular weight is 834 g/mol. The number of anilines is 3. The second kappa shape index (κ2) is 14.6. The number of rotatable bonds is 7. The summed E-state index contributed by atoms with van der Waals surface area (Å²) in [5, 5.41) is 4.89. The molecule has 300 valence electrons. The summed E-state index contributed by atoms with van der Waals surface area (Å²) in [6.07, 6.45) is 0. The predicted octanol–water partition coefficient (Wildman–Crippen LogP) is 17.1. The van der Waals surface area contributed by atoms with E-state index in [1.165, 1.54) is 64.7 Å². The van der Waals surface area contributed by atoms with E-state index in [1.807, 2.05) is 23.5 Å². The molecule has 0 aliphatic heterocycles. The number of nitrogens with zero attached hydrogens (tertiary/aromatic N) is 1. The van der Waals surface area contributed by atoms with Crippen LogP contribution in [0.2, 0.25) is 0 Å². The summed E-state index contributed by atoms with van der Waals surface area (Å²) < 4.78 is 9.11. The summed E-state index contributed by atoms with van der Waals surface area (Å²) in [6, 6.07) is 86.5. The molecular weight excluding hydrogens is 795 g/mol. The fraction of sp³-hybridized carbons (Fsp3) is 0.0164. The highest BCUT2D eigenvalue weighted by Crippen LogP contribution is 2.57. The predicted molar refractivity (Wildman–Crippen MR) is 269 cm³/mol. The minimum absolute atomic E-state index is 0.467. The quantitative estimate of drug-likeness (QED) is 0.159. The number of furan rings is 1. The maximum absolute atomic E-state index is 6.49. The molecule has 0 amide bonds. The fourth-order valence-corrected chi connectivity index (χ4v) is 11.7. The first kappa shape index (κ1) is 36.7. The Hall–Kier alpha value is -7.98. The van der Waals surface area contributed by atoms with E-state index in [0.717, 1.165) is 50.1 Å². The molecule has 12 aromatic rings. The Morgan fingerprint density at radius 2 is 0.891 bits per heavy atom. The van der Waals surface area contributed by atoms with Gasteiger partial charge in [0.1, 0.15) is 11.2 Å². The van der Waals surface area contributed by atoms with E-state index in [1.54, 1.807) is 0 Å². The second-order valence-electron chi connectivity index (χ2n) is 16.7. The van der Waals surface area contributed by atoms with Crippen molar-refractivity contribution in [2.75, 3.05) is 4.90 Å². The topological polar surface area (TPSA) is 16.4 Å². The maximum atomic E-state index is 6.49. The monoisotopic (exact) mass is 833 g/mol. The van der Waals surface area contributed by atoms with Crippen LogP contribution in [0.5, 0.6) is 0 Å². The third kappa shape index (κ3) is 5.51. The highest BCUT2D eigenvalue weighted by Gasteiger charge is 2.46. The molecule has 0 fully saturated rings. The van der Waals surface area contributed by atoms with Crippen LogP contribution in [-0.4, -0.2) is 0 Å². The molecule has 1 aliphatic carbocycles. The van der Waals surface area contributed by atoms with Gasteiger partial charge in [-0.15, -0.1) is 11.3 Å². The van der Waals surface area contributed by atoms with Gasteiger partial charge >= 0.3 is 0 Å². The van der Waals surface area contributed by atoms with Gasteiger partial charge in [-0.05, 0) is 105 Å². The summed E-state index contributed by atoms with van der Waals surface area (Å²) in [6.45, 7) is 0. The summed E-state index contributed by atoms with van der Waals surface area (Å²) in [4.78, 5) is 2.41. The SMILES string of the molecule is c1ccc(C2(c3ccccc3)c3ccccc3-c3cc(N(c4ccc(-c5cccc6c5oc5ccccc56)cc4)c4ccc(-c5cccc6sc7ccccc7c56)cc4)ccc32)cc1. The van der Waals surface area contributed by atoms with Crippen LogP contribution in [0.25, 0.3) is 75.5 Å². The molecule has 13 rings (SSSR count). The highest BCUT2D eigenvalue weighted by atomic mass is 32.1. The van der Waals surface area contributed by atoms with Gasteiger partial charge in [-0.2, -0.15) is 0 Å². The summed E-state index contributed by atoms with van der Waals surface area (Å²) >= 11 is 1.86. The van der Waals surface area contributed by atoms with E-state index < -0.39 is 5.41 Å². The van der Waals surface area contributed by atoms with Gasteiger partial charge in [0.2, 0.25) is 0 Å². The van der Waals surface area contributed by atoms with Gasteiger partial charge in [-0.1, -0.05) is 182 Å². The normalized spacial score (nSPS) is 12.8. The number of hydrogen-bond donors (Lipinski definition) is 0. The molecular formula is C61H39NOS. The molecule has 0 saturated carbocycles. The minimum Gasteiger partial charge on any atom is -0.455 e. The Kier molecular flexibility index (Phi) is 8.34. The van der Waals surface area contributed by atoms with Crippen LogP contribution in [0.15, 0.2) is 241 Å². The van der Waals surface area contributed by atoms with Crippen molar-refractivity contribution in [3.8, 4) is 33.4 Å². The lowest BCUT2D eigenvalue weighted by molar-refractivity contribution is 0.670. The maximum Gasteiger partial charge on any atom is 0.143 e. The highest BCUT2D eigenvalue weighted by molar-refractivity contribution is 7.25. The van der Waals surface area contributed by atoms with Crippen LogP contribution in [0.3, 0.4) is 0 Å². The number of fused-ring (bicyclic) bond motifs is 9. The molecule has 0 N–H and O–H groups in total. The molecule has 0 unspecified atom stereocenters. The first-order chi connectivity index (χ1) is 31.7. The second-order valence-corrected chi connectivity index (χ2v) is 17.8. The van der Waals surface area contributed by atoms with Crippen molar-refractivity contribution in [3.63, 3.8) is 0 Å². The number of thiophene rings is 1. The summed E-state index contributed by atoms with van der Waals surface area (Å²) in [7, 11) is 0. The van der Waals surface area contributed by atoms with Gasteiger partial charge in [0.15, 0.2) is 0 Å². The van der Waals surface area contributed by atoms with E-state index in [0.29, 0.717) is 0 Å². The number of para-hydroxylation sites is 2. The van der Waals surface area contributed by atoms with Crippen LogP contribution in [0.4, 0.5) is 17.1 Å². The van der Waals surface area contributed by atoms with E-state index in [2.05, 4.69) is 229 Å². The Labute approximate surface area is 375 Å². The zero-order valence-electron chi connectivity index (χ0n) is 34.8. The van der Waals surface area contributed by atoms with Crippen molar-refractivity contribution < 1.29 is 4.42 Å². The molecule has 10 aromatic carbocycles. The van der Waals surface area contributed by atoms with Gasteiger partial charge in [0, 0.05) is 53.6 Å². The summed E-state index contributed by atoms with van der Waals surface area (Å²) in [5.41, 5.74) is 16.9. The molecule has 0 atom stereocenters. The van der Waals surface area contributed by atoms with Gasteiger partial charge in [-0.25, -0.2) is 0 Å². The number of benzene rings is 10. The molecule has 2 nitrogen and oxygen atoms in total. The third-order valence-corrected chi connectivity index (χ3v) is 14.5. The standard InChI is InChI=1S/C61H39NOS/c1-3-15-42(16-4-1)61(43-17-5-2-6-18-43)54-25-10-7-19-49(54)53-39-46(37-38-55(53)61)62(44-33-29-40(30-34-44)47-22-14-28-58-59(47)52-21-9-12-27-57(52)64-58)45-35-31-41(32-36-45)48-23-13-24-51-50-20-8-11-26-56(50)63-60(48)51/h1-39H. The fourth-order valence-electron chi connectivity index (χ4n) is 10.6. The first-order valence-electron chi connectivity index (χ1n) is 21.9. The summed E-state index contributed by atoms with van der Waals surface area (Å²) in [5.74, 6) is 0. The molecule has 64 heavy (non-hydrogen) atoms. The molecule has 1 aliphatic rings. The Balaban J connectivity index is 0.984. The van der Waals surface area contributed by atoms with Crippen LogP contribution in [-0.2, 0) is 5.41 Å². The van der Waals surface area contributed by atoms with E-state index in [4.69, 9.17) is 4.42 Å². The van der Waals surface area contributed by atoms with Crippen molar-refractivity contribution in [1.82, 2.24) is 0 Å². The Bertz CT molecular complexity index is 3670. The van der Waals surface area contributed by atoms with E-state index in [-0.39, 0.29) is 0 Å². The van der Waals surface area contributed by atoms with Gasteiger partial charge in [-0.3, -0.25) is 0 Å². The Morgan fingerprint density at radius 3 is 1.64 bits per heavy atom. The zero-order valence-corrected chi connectivity index (χ0v) is 35.6. The minimum atomic E-state index is -0.467. The molecule has 2 aromatic heterocycles. The van der Waals surface area contributed by atoms with Gasteiger partial charge in [0.25, 0.3) is 0 Å². The lowest BCUT2D eigenvalue weighted by Gasteiger charge is -2.34. The van der Waals surface area contributed by atoms with Crippen molar-refractivity contribution in [1.29, 1.82) is 0 Å². The van der Waals surface area contributed by atoms with Crippen LogP contribution >= 0.6 is 11.3 Å². The zero-order chi connectivity index (χ0) is 42.2. The van der Waals surface area contributed by atoms with Gasteiger partial charge in [0.05, 0.1) is 5.41 Å². The van der Waals surface area contributed by atoms with E-state index >= 15 is 0 Å². The van der Waals surface area contributed by atoms with Crippen molar-refractivity contribution >= 4 is 70.5 Å². The van der Waals surface area contributed by atoms with Crippen LogP contribution < -0.4 is 4.90 Å². The Morgan fingerprint density at radius 1 is 0.359 bits per heavy atom. The largest absolute Gasteiger partial charge is 0.455 e. The molecule has 0 bridgehead atoms. The molecule has 0 radical (unpaired) electrons. The van der Waals surface area contributed by atoms with Crippen molar-refractivity contribution in [2.45, 2.75) is 5.41 Å². The smallest absolute Gasteiger partial charge is 0.143 e. The lowest BCUT2D eigenvalue weighted by Crippen LogP contribution is -2.28. The van der Waals surface area contributed by atoms with Crippen molar-refractivity contribution in [3.05, 3.63) is 259 Å². The van der Waals surface area contributed by atoms with E-state index in [9.17, 15) is 0 Å². The number of hydrogen-bond acceptors (Lipinski definition) is 3. The molecule has 2 heterocycles. The average Bonchev–Trinajstić information content (AvgIpc) is 4.04. The molecule has 0 saturated heterocycles. The van der Waals surface area contributed by atoms with Gasteiger partial charge < -0.3 is 9.32 Å². The molecule has 0 spiro atoms. The third-order valence-electron chi connectivity index (χ3n) is 13.4. The molecule has 3 heteroatoms. The van der Waals surface area contributed by atoms with Crippen LogP contribution in [0, 0.1) is 0 Å². The lowest BCUT2D eigenvalue weighted by atomic mass is 9.68. The van der Waals surface area contributed by atoms with Crippen LogP contribution in [0.1, 0.15) is 22.3 Å². The first-order valence-corrected chi connectivity index (χ1v) is 22.7. The van der Waals surface area contributed by atoms with Crippen molar-refractivity contribution in [2.24, 2.45) is 0 Å².